The van der Waals surface area contributed by atoms with Gasteiger partial charge < -0.3 is 4.74 Å². The Morgan fingerprint density at radius 3 is 2.36 bits per heavy atom. The van der Waals surface area contributed by atoms with Gasteiger partial charge >= 0.3 is 0 Å². The van der Waals surface area contributed by atoms with Gasteiger partial charge in [0.25, 0.3) is 0 Å². The predicted octanol–water partition coefficient (Wildman–Crippen LogP) is 2.80. The van der Waals surface area contributed by atoms with Crippen LogP contribution >= 0.6 is 0 Å². The quantitative estimate of drug-likeness (QED) is 0.744. The largest absolute Gasteiger partial charge is 0.379 e. The molecule has 2 saturated heterocycles. The maximum Gasteiger partial charge on any atom is 0.179 e. The number of hydrogen-bond donors (Lipinski definition) is 0. The van der Waals surface area contributed by atoms with E-state index in [1.165, 1.54) is 6.42 Å². The fourth-order valence-corrected chi connectivity index (χ4v) is 5.95. The van der Waals surface area contributed by atoms with Gasteiger partial charge in [-0.3, -0.25) is 9.80 Å². The number of benzene rings is 2. The van der Waals surface area contributed by atoms with Gasteiger partial charge in [-0.15, -0.1) is 0 Å². The number of piperidine rings is 1. The van der Waals surface area contributed by atoms with Gasteiger partial charge in [-0.05, 0) is 48.8 Å². The van der Waals surface area contributed by atoms with Crippen LogP contribution < -0.4 is 0 Å². The van der Waals surface area contributed by atoms with E-state index in [0.717, 1.165) is 69.6 Å². The molecule has 0 bridgehead atoms. The lowest BCUT2D eigenvalue weighted by Gasteiger charge is -2.38. The lowest BCUT2D eigenvalue weighted by atomic mass is 10.1. The number of sulfone groups is 1. The molecular formula is C22H30N2O3S. The normalized spacial score (nSPS) is 21.0. The summed E-state index contributed by atoms with van der Waals surface area (Å²) in [5.74, 6) is 0.183. The predicted molar refractivity (Wildman–Crippen MR) is 112 cm³/mol. The monoisotopic (exact) mass is 402 g/mol. The molecule has 2 fully saturated rings. The first-order chi connectivity index (χ1) is 13.6. The molecule has 5 nitrogen and oxygen atoms in total. The summed E-state index contributed by atoms with van der Waals surface area (Å²) in [4.78, 5) is 5.20. The lowest BCUT2D eigenvalue weighted by molar-refractivity contribution is 0.0229. The Balaban J connectivity index is 1.55. The zero-order chi connectivity index (χ0) is 19.4. The molecule has 6 heteroatoms. The van der Waals surface area contributed by atoms with Crippen molar-refractivity contribution in [1.29, 1.82) is 0 Å². The van der Waals surface area contributed by atoms with Gasteiger partial charge in [-0.1, -0.05) is 36.8 Å². The highest BCUT2D eigenvalue weighted by molar-refractivity contribution is 7.91. The smallest absolute Gasteiger partial charge is 0.179 e. The molecular weight excluding hydrogens is 372 g/mol. The molecule has 2 heterocycles. The van der Waals surface area contributed by atoms with Crippen molar-refractivity contribution in [3.05, 3.63) is 42.5 Å². The third kappa shape index (κ3) is 4.74. The molecule has 4 rings (SSSR count). The average Bonchev–Trinajstić information content (AvgIpc) is 2.74. The number of hydrogen-bond acceptors (Lipinski definition) is 5. The first-order valence-corrected chi connectivity index (χ1v) is 12.0. The summed E-state index contributed by atoms with van der Waals surface area (Å²) in [5.41, 5.74) is 0. The average molecular weight is 403 g/mol. The molecule has 0 aliphatic carbocycles. The van der Waals surface area contributed by atoms with Crippen molar-refractivity contribution in [2.75, 3.05) is 51.7 Å². The highest BCUT2D eigenvalue weighted by Crippen LogP contribution is 2.23. The number of rotatable bonds is 6. The highest BCUT2D eigenvalue weighted by atomic mass is 32.2. The molecule has 2 aliphatic heterocycles. The maximum absolute atomic E-state index is 13.3. The number of ether oxygens (including phenoxy) is 1. The van der Waals surface area contributed by atoms with E-state index in [1.54, 1.807) is 6.07 Å². The number of likely N-dealkylation sites (tertiary alicyclic amines) is 1. The van der Waals surface area contributed by atoms with E-state index in [4.69, 9.17) is 4.74 Å². The van der Waals surface area contributed by atoms with Gasteiger partial charge in [0.15, 0.2) is 9.84 Å². The minimum Gasteiger partial charge on any atom is -0.379 e. The molecule has 0 N–H and O–H groups in total. The second-order valence-corrected chi connectivity index (χ2v) is 9.99. The third-order valence-electron chi connectivity index (χ3n) is 5.97. The van der Waals surface area contributed by atoms with Gasteiger partial charge in [0.2, 0.25) is 0 Å². The van der Waals surface area contributed by atoms with Crippen LogP contribution in [0.4, 0.5) is 0 Å². The molecule has 1 unspecified atom stereocenters. The summed E-state index contributed by atoms with van der Waals surface area (Å²) in [6.45, 7) is 6.07. The van der Waals surface area contributed by atoms with Gasteiger partial charge in [-0.2, -0.15) is 0 Å². The fourth-order valence-electron chi connectivity index (χ4n) is 4.35. The summed E-state index contributed by atoms with van der Waals surface area (Å²) < 4.78 is 32.1. The Kier molecular flexibility index (Phi) is 6.31. The molecule has 0 saturated carbocycles. The van der Waals surface area contributed by atoms with Crippen LogP contribution in [0, 0.1) is 0 Å². The Bertz CT molecular complexity index is 888. The van der Waals surface area contributed by atoms with Crippen LogP contribution in [0.2, 0.25) is 0 Å². The minimum absolute atomic E-state index is 0.0369. The molecule has 0 aromatic heterocycles. The molecule has 0 amide bonds. The zero-order valence-electron chi connectivity index (χ0n) is 16.4. The summed E-state index contributed by atoms with van der Waals surface area (Å²) >= 11 is 0. The number of fused-ring (bicyclic) bond motifs is 1. The van der Waals surface area contributed by atoms with E-state index in [2.05, 4.69) is 9.80 Å². The van der Waals surface area contributed by atoms with Crippen molar-refractivity contribution in [3.63, 3.8) is 0 Å². The molecule has 0 spiro atoms. The summed E-state index contributed by atoms with van der Waals surface area (Å²) in [5, 5.41) is 2.05. The lowest BCUT2D eigenvalue weighted by Crippen LogP contribution is -2.51. The van der Waals surface area contributed by atoms with Crippen molar-refractivity contribution in [3.8, 4) is 0 Å². The molecule has 2 aliphatic rings. The van der Waals surface area contributed by atoms with Crippen LogP contribution in [0.3, 0.4) is 0 Å². The third-order valence-corrected chi connectivity index (χ3v) is 7.77. The molecule has 28 heavy (non-hydrogen) atoms. The van der Waals surface area contributed by atoms with E-state index >= 15 is 0 Å². The van der Waals surface area contributed by atoms with E-state index in [9.17, 15) is 8.42 Å². The maximum atomic E-state index is 13.3. The SMILES string of the molecule is O=S(=O)(CC(CN1CCOCC1)N1CCCCC1)c1ccc2ccccc2c1. The van der Waals surface area contributed by atoms with Gasteiger partial charge in [0.1, 0.15) is 0 Å². The van der Waals surface area contributed by atoms with Crippen molar-refractivity contribution in [2.45, 2.75) is 30.2 Å². The van der Waals surface area contributed by atoms with Crippen molar-refractivity contribution in [1.82, 2.24) is 9.80 Å². The second kappa shape index (κ2) is 8.91. The zero-order valence-corrected chi connectivity index (χ0v) is 17.2. The van der Waals surface area contributed by atoms with Crippen molar-refractivity contribution in [2.24, 2.45) is 0 Å². The Morgan fingerprint density at radius 2 is 1.61 bits per heavy atom. The first-order valence-electron chi connectivity index (χ1n) is 10.4. The van der Waals surface area contributed by atoms with E-state index in [-0.39, 0.29) is 11.8 Å². The summed E-state index contributed by atoms with van der Waals surface area (Å²) in [7, 11) is -3.35. The fraction of sp³-hybridized carbons (Fsp3) is 0.545. The van der Waals surface area contributed by atoms with Crippen LogP contribution in [0.15, 0.2) is 47.4 Å². The van der Waals surface area contributed by atoms with Crippen LogP contribution in [-0.4, -0.2) is 75.9 Å². The highest BCUT2D eigenvalue weighted by Gasteiger charge is 2.29. The molecule has 2 aromatic carbocycles. The van der Waals surface area contributed by atoms with Gasteiger partial charge in [0, 0.05) is 25.7 Å². The van der Waals surface area contributed by atoms with E-state index in [1.807, 2.05) is 36.4 Å². The Morgan fingerprint density at radius 1 is 0.893 bits per heavy atom. The number of nitrogens with zero attached hydrogens (tertiary/aromatic N) is 2. The summed E-state index contributed by atoms with van der Waals surface area (Å²) in [6, 6.07) is 13.5. The van der Waals surface area contributed by atoms with Gasteiger partial charge in [0.05, 0.1) is 23.9 Å². The van der Waals surface area contributed by atoms with Gasteiger partial charge in [-0.25, -0.2) is 8.42 Å². The van der Waals surface area contributed by atoms with E-state index < -0.39 is 9.84 Å². The van der Waals surface area contributed by atoms with Crippen LogP contribution in [-0.2, 0) is 14.6 Å². The Hall–Kier alpha value is -1.47. The topological polar surface area (TPSA) is 49.9 Å². The minimum atomic E-state index is -3.35. The first kappa shape index (κ1) is 19.8. The number of morpholine rings is 1. The molecule has 1 atom stereocenters. The molecule has 2 aromatic rings. The standard InChI is InChI=1S/C22H30N2O3S/c25-28(26,22-9-8-19-6-2-3-7-20(19)16-22)18-21(24-10-4-1-5-11-24)17-23-12-14-27-15-13-23/h2-3,6-9,16,21H,1,4-5,10-15,17-18H2. The van der Waals surface area contributed by atoms with E-state index in [0.29, 0.717) is 4.90 Å². The molecule has 0 radical (unpaired) electrons. The van der Waals surface area contributed by atoms with Crippen LogP contribution in [0.25, 0.3) is 10.8 Å². The van der Waals surface area contributed by atoms with Crippen molar-refractivity contribution < 1.29 is 13.2 Å². The Labute approximate surface area is 168 Å². The van der Waals surface area contributed by atoms with Crippen LogP contribution in [0.1, 0.15) is 19.3 Å². The second-order valence-electron chi connectivity index (χ2n) is 7.95. The van der Waals surface area contributed by atoms with Crippen LogP contribution in [0.5, 0.6) is 0 Å². The summed E-state index contributed by atoms with van der Waals surface area (Å²) in [6.07, 6.45) is 3.57. The molecule has 152 valence electrons. The van der Waals surface area contributed by atoms with Crippen molar-refractivity contribution >= 4 is 20.6 Å².